The largest absolute Gasteiger partial charge is 0.477 e. The highest BCUT2D eigenvalue weighted by molar-refractivity contribution is 6.30. The topological polar surface area (TPSA) is 70.4 Å². The number of amides is 2. The highest BCUT2D eigenvalue weighted by atomic mass is 16.5. The van der Waals surface area contributed by atoms with Crippen molar-refractivity contribution in [3.8, 4) is 11.8 Å². The fourth-order valence-corrected chi connectivity index (χ4v) is 1.69. The van der Waals surface area contributed by atoms with Crippen molar-refractivity contribution in [2.75, 3.05) is 11.5 Å². The standard InChI is InChI=1S/C13H10N2O3/c1-9-8-12(16)15(13(9)17)10-4-2-3-5-11(10)18-7-6-14/h2-5,8H,7H2,1H3. The number of carbonyl (C=O) groups is 2. The number of hydrogen-bond donors (Lipinski definition) is 0. The number of imide groups is 1. The van der Waals surface area contributed by atoms with Crippen LogP contribution in [0.3, 0.4) is 0 Å². The minimum atomic E-state index is -0.398. The van der Waals surface area contributed by atoms with Gasteiger partial charge >= 0.3 is 0 Å². The van der Waals surface area contributed by atoms with Gasteiger partial charge in [0.1, 0.15) is 11.8 Å². The molecule has 0 aromatic heterocycles. The van der Waals surface area contributed by atoms with Gasteiger partial charge in [0, 0.05) is 11.6 Å². The minimum Gasteiger partial charge on any atom is -0.477 e. The minimum absolute atomic E-state index is 0.139. The van der Waals surface area contributed by atoms with E-state index in [0.29, 0.717) is 17.0 Å². The molecular weight excluding hydrogens is 232 g/mol. The van der Waals surface area contributed by atoms with Crippen LogP contribution in [0.5, 0.6) is 5.75 Å². The second-order valence-electron chi connectivity index (χ2n) is 3.72. The maximum Gasteiger partial charge on any atom is 0.261 e. The predicted molar refractivity (Wildman–Crippen MR) is 63.8 cm³/mol. The molecule has 0 saturated carbocycles. The molecule has 1 aromatic rings. The Morgan fingerprint density at radius 2 is 2.06 bits per heavy atom. The van der Waals surface area contributed by atoms with Crippen molar-refractivity contribution in [3.05, 3.63) is 35.9 Å². The number of carbonyl (C=O) groups excluding carboxylic acids is 2. The molecule has 1 heterocycles. The third-order valence-corrected chi connectivity index (χ3v) is 2.50. The molecule has 90 valence electrons. The van der Waals surface area contributed by atoms with Crippen molar-refractivity contribution in [3.63, 3.8) is 0 Å². The fraction of sp³-hybridized carbons (Fsp3) is 0.154. The Bertz CT molecular complexity index is 584. The van der Waals surface area contributed by atoms with Crippen molar-refractivity contribution in [2.45, 2.75) is 6.92 Å². The summed E-state index contributed by atoms with van der Waals surface area (Å²) in [6.45, 7) is 1.44. The summed E-state index contributed by atoms with van der Waals surface area (Å²) in [5, 5.41) is 8.50. The van der Waals surface area contributed by atoms with Crippen LogP contribution < -0.4 is 9.64 Å². The lowest BCUT2D eigenvalue weighted by Gasteiger charge is -2.17. The quantitative estimate of drug-likeness (QED) is 0.751. The summed E-state index contributed by atoms with van der Waals surface area (Å²) in [7, 11) is 0. The number of hydrogen-bond acceptors (Lipinski definition) is 4. The maximum absolute atomic E-state index is 11.9. The molecule has 0 N–H and O–H groups in total. The number of nitriles is 1. The first-order valence-electron chi connectivity index (χ1n) is 5.30. The Hall–Kier alpha value is -2.61. The summed E-state index contributed by atoms with van der Waals surface area (Å²) in [6, 6.07) is 8.47. The van der Waals surface area contributed by atoms with Crippen molar-refractivity contribution < 1.29 is 14.3 Å². The molecular formula is C13H10N2O3. The van der Waals surface area contributed by atoms with E-state index in [1.165, 1.54) is 6.08 Å². The lowest BCUT2D eigenvalue weighted by atomic mass is 10.2. The molecule has 0 unspecified atom stereocenters. The van der Waals surface area contributed by atoms with Crippen molar-refractivity contribution in [2.24, 2.45) is 0 Å². The van der Waals surface area contributed by atoms with Gasteiger partial charge in [-0.15, -0.1) is 0 Å². The lowest BCUT2D eigenvalue weighted by Crippen LogP contribution is -2.30. The molecule has 0 spiro atoms. The molecule has 0 bridgehead atoms. The van der Waals surface area contributed by atoms with E-state index < -0.39 is 5.91 Å². The van der Waals surface area contributed by atoms with Crippen LogP contribution in [0.1, 0.15) is 6.92 Å². The fourth-order valence-electron chi connectivity index (χ4n) is 1.69. The van der Waals surface area contributed by atoms with E-state index in [0.717, 1.165) is 4.90 Å². The first-order valence-corrected chi connectivity index (χ1v) is 5.30. The second kappa shape index (κ2) is 4.72. The van der Waals surface area contributed by atoms with Crippen LogP contribution >= 0.6 is 0 Å². The van der Waals surface area contributed by atoms with Gasteiger partial charge in [0.05, 0.1) is 5.69 Å². The smallest absolute Gasteiger partial charge is 0.261 e. The molecule has 5 heteroatoms. The molecule has 0 radical (unpaired) electrons. The number of nitrogens with zero attached hydrogens (tertiary/aromatic N) is 2. The second-order valence-corrected chi connectivity index (χ2v) is 3.72. The van der Waals surface area contributed by atoms with Crippen LogP contribution in [-0.2, 0) is 9.59 Å². The molecule has 0 aliphatic carbocycles. The third-order valence-electron chi connectivity index (χ3n) is 2.50. The molecule has 1 aromatic carbocycles. The van der Waals surface area contributed by atoms with Crippen LogP contribution in [0.25, 0.3) is 0 Å². The summed E-state index contributed by atoms with van der Waals surface area (Å²) in [6.07, 6.45) is 1.28. The van der Waals surface area contributed by atoms with Crippen LogP contribution in [0.2, 0.25) is 0 Å². The van der Waals surface area contributed by atoms with Crippen LogP contribution in [0.15, 0.2) is 35.9 Å². The summed E-state index contributed by atoms with van der Waals surface area (Å²) < 4.78 is 5.20. The van der Waals surface area contributed by atoms with Gasteiger partial charge in [-0.05, 0) is 19.1 Å². The van der Waals surface area contributed by atoms with E-state index in [1.54, 1.807) is 31.2 Å². The maximum atomic E-state index is 11.9. The van der Waals surface area contributed by atoms with E-state index in [9.17, 15) is 9.59 Å². The Labute approximate surface area is 104 Å². The third kappa shape index (κ3) is 1.96. The normalized spacial score (nSPS) is 14.4. The highest BCUT2D eigenvalue weighted by Gasteiger charge is 2.31. The SMILES string of the molecule is CC1=CC(=O)N(c2ccccc2OCC#N)C1=O. The van der Waals surface area contributed by atoms with E-state index >= 15 is 0 Å². The van der Waals surface area contributed by atoms with Crippen molar-refractivity contribution >= 4 is 17.5 Å². The summed E-state index contributed by atoms with van der Waals surface area (Å²) >= 11 is 0. The summed E-state index contributed by atoms with van der Waals surface area (Å²) in [4.78, 5) is 24.6. The Morgan fingerprint density at radius 3 is 2.67 bits per heavy atom. The highest BCUT2D eigenvalue weighted by Crippen LogP contribution is 2.31. The van der Waals surface area contributed by atoms with E-state index in [1.807, 2.05) is 6.07 Å². The molecule has 0 saturated heterocycles. The predicted octanol–water partition coefficient (Wildman–Crippen LogP) is 1.41. The summed E-state index contributed by atoms with van der Waals surface area (Å²) in [5.41, 5.74) is 0.742. The molecule has 2 rings (SSSR count). The van der Waals surface area contributed by atoms with E-state index in [-0.39, 0.29) is 12.5 Å². The molecule has 0 fully saturated rings. The Balaban J connectivity index is 2.38. The molecule has 1 aliphatic rings. The van der Waals surface area contributed by atoms with Gasteiger partial charge in [0.15, 0.2) is 6.61 Å². The summed E-state index contributed by atoms with van der Waals surface area (Å²) in [5.74, 6) is -0.428. The van der Waals surface area contributed by atoms with Gasteiger partial charge in [-0.3, -0.25) is 9.59 Å². The zero-order chi connectivity index (χ0) is 13.1. The first kappa shape index (κ1) is 11.9. The molecule has 18 heavy (non-hydrogen) atoms. The van der Waals surface area contributed by atoms with Gasteiger partial charge in [-0.25, -0.2) is 4.90 Å². The average Bonchev–Trinajstić information content (AvgIpc) is 2.61. The van der Waals surface area contributed by atoms with Crippen molar-refractivity contribution in [1.29, 1.82) is 5.26 Å². The number of anilines is 1. The Kier molecular flexibility index (Phi) is 3.11. The van der Waals surface area contributed by atoms with Gasteiger partial charge in [-0.2, -0.15) is 5.26 Å². The Morgan fingerprint density at radius 1 is 1.33 bits per heavy atom. The molecule has 2 amide bonds. The van der Waals surface area contributed by atoms with Crippen LogP contribution in [-0.4, -0.2) is 18.4 Å². The monoisotopic (exact) mass is 242 g/mol. The molecule has 1 aliphatic heterocycles. The lowest BCUT2D eigenvalue weighted by molar-refractivity contribution is -0.120. The van der Waals surface area contributed by atoms with Gasteiger partial charge in [0.25, 0.3) is 11.8 Å². The first-order chi connectivity index (χ1) is 8.65. The molecule has 0 atom stereocenters. The van der Waals surface area contributed by atoms with Gasteiger partial charge in [0.2, 0.25) is 0 Å². The number of para-hydroxylation sites is 2. The number of ether oxygens (including phenoxy) is 1. The van der Waals surface area contributed by atoms with Gasteiger partial charge in [-0.1, -0.05) is 12.1 Å². The van der Waals surface area contributed by atoms with Crippen molar-refractivity contribution in [1.82, 2.24) is 0 Å². The van der Waals surface area contributed by atoms with Crippen LogP contribution in [0.4, 0.5) is 5.69 Å². The van der Waals surface area contributed by atoms with Gasteiger partial charge < -0.3 is 4.74 Å². The van der Waals surface area contributed by atoms with E-state index in [4.69, 9.17) is 10.00 Å². The number of rotatable bonds is 3. The number of benzene rings is 1. The van der Waals surface area contributed by atoms with Crippen LogP contribution in [0, 0.1) is 11.3 Å². The zero-order valence-corrected chi connectivity index (χ0v) is 9.71. The van der Waals surface area contributed by atoms with E-state index in [2.05, 4.69) is 0 Å². The molecule has 5 nitrogen and oxygen atoms in total. The zero-order valence-electron chi connectivity index (χ0n) is 9.71. The average molecular weight is 242 g/mol.